The van der Waals surface area contributed by atoms with Gasteiger partial charge in [0, 0.05) is 44.0 Å². The number of benzene rings is 8. The molecule has 0 saturated heterocycles. The molecular weight excluding hydrogens is 733 g/mol. The molecule has 4 nitrogen and oxygen atoms in total. The quantitative estimate of drug-likeness (QED) is 0.180. The van der Waals surface area contributed by atoms with Gasteiger partial charge in [-0.15, -0.1) is 0 Å². The minimum absolute atomic E-state index is 0.148. The maximum Gasteiger partial charge on any atom is 0.160 e. The van der Waals surface area contributed by atoms with Crippen LogP contribution in [-0.2, 0) is 10.8 Å². The minimum atomic E-state index is -0.550. The number of hydrogen-bond donors (Lipinski definition) is 0. The first kappa shape index (κ1) is 33.4. The Hall–Kier alpha value is -7.56. The molecule has 4 heteroatoms. The average molecular weight is 769 g/mol. The highest BCUT2D eigenvalue weighted by Gasteiger charge is 2.51. The van der Waals surface area contributed by atoms with Crippen molar-refractivity contribution >= 4 is 21.9 Å². The largest absolute Gasteiger partial charge is 0.457 e. The van der Waals surface area contributed by atoms with Crippen molar-refractivity contribution in [2.24, 2.45) is 0 Å². The van der Waals surface area contributed by atoms with Crippen LogP contribution in [0.1, 0.15) is 47.2 Å². The summed E-state index contributed by atoms with van der Waals surface area (Å²) in [5.41, 5.74) is 17.9. The van der Waals surface area contributed by atoms with Gasteiger partial charge in [0.1, 0.15) is 22.7 Å². The van der Waals surface area contributed by atoms with Crippen LogP contribution in [0.25, 0.3) is 78.1 Å². The van der Waals surface area contributed by atoms with E-state index in [1.54, 1.807) is 0 Å². The second-order valence-electron chi connectivity index (χ2n) is 16.8. The lowest BCUT2D eigenvalue weighted by Crippen LogP contribution is -2.32. The van der Waals surface area contributed by atoms with Crippen LogP contribution in [0.2, 0.25) is 0 Å². The Morgan fingerprint density at radius 1 is 0.417 bits per heavy atom. The van der Waals surface area contributed by atoms with Crippen molar-refractivity contribution < 1.29 is 9.15 Å². The van der Waals surface area contributed by atoms with Crippen LogP contribution in [0.5, 0.6) is 11.5 Å². The number of aromatic nitrogens is 2. The molecule has 2 aromatic heterocycles. The van der Waals surface area contributed by atoms with Gasteiger partial charge in [-0.05, 0) is 80.9 Å². The van der Waals surface area contributed by atoms with E-state index in [0.717, 1.165) is 72.6 Å². The van der Waals surface area contributed by atoms with E-state index in [-0.39, 0.29) is 5.41 Å². The highest BCUT2D eigenvalue weighted by molar-refractivity contribution is 6.09. The fraction of sp³-hybridized carbons (Fsp3) is 0.0714. The van der Waals surface area contributed by atoms with Gasteiger partial charge in [0.2, 0.25) is 0 Å². The number of furan rings is 1. The number of nitrogens with zero attached hydrogens (tertiary/aromatic N) is 2. The molecule has 0 bridgehead atoms. The molecule has 13 rings (SSSR count). The summed E-state index contributed by atoms with van der Waals surface area (Å²) >= 11 is 0. The third-order valence-electron chi connectivity index (χ3n) is 13.4. The molecule has 60 heavy (non-hydrogen) atoms. The van der Waals surface area contributed by atoms with E-state index >= 15 is 0 Å². The Labute approximate surface area is 347 Å². The van der Waals surface area contributed by atoms with Gasteiger partial charge in [-0.2, -0.15) is 0 Å². The highest BCUT2D eigenvalue weighted by Crippen LogP contribution is 2.62. The van der Waals surface area contributed by atoms with E-state index in [0.29, 0.717) is 5.82 Å². The van der Waals surface area contributed by atoms with Crippen LogP contribution in [0.4, 0.5) is 0 Å². The van der Waals surface area contributed by atoms with Crippen LogP contribution >= 0.6 is 0 Å². The summed E-state index contributed by atoms with van der Waals surface area (Å²) in [6.45, 7) is 4.65. The molecule has 3 heterocycles. The predicted molar refractivity (Wildman–Crippen MR) is 241 cm³/mol. The average Bonchev–Trinajstić information content (AvgIpc) is 3.90. The van der Waals surface area contributed by atoms with Crippen molar-refractivity contribution in [1.29, 1.82) is 0 Å². The van der Waals surface area contributed by atoms with Gasteiger partial charge in [0.05, 0.1) is 16.8 Å². The predicted octanol–water partition coefficient (Wildman–Crippen LogP) is 14.2. The van der Waals surface area contributed by atoms with Crippen LogP contribution in [-0.4, -0.2) is 9.97 Å². The molecular formula is C56H36N2O2. The lowest BCUT2D eigenvalue weighted by molar-refractivity contribution is 0.436. The van der Waals surface area contributed by atoms with Gasteiger partial charge in [-0.3, -0.25) is 0 Å². The highest BCUT2D eigenvalue weighted by atomic mass is 16.5. The molecule has 10 aromatic rings. The number of ether oxygens (including phenoxy) is 1. The second-order valence-corrected chi connectivity index (χ2v) is 16.8. The molecule has 3 aliphatic rings. The number of hydrogen-bond acceptors (Lipinski definition) is 4. The zero-order valence-electron chi connectivity index (χ0n) is 33.0. The summed E-state index contributed by atoms with van der Waals surface area (Å²) < 4.78 is 13.2. The van der Waals surface area contributed by atoms with Crippen LogP contribution < -0.4 is 4.74 Å². The summed E-state index contributed by atoms with van der Waals surface area (Å²) in [7, 11) is 0. The maximum absolute atomic E-state index is 6.63. The van der Waals surface area contributed by atoms with Crippen molar-refractivity contribution in [2.75, 3.05) is 0 Å². The van der Waals surface area contributed by atoms with E-state index in [1.807, 2.05) is 12.1 Å². The van der Waals surface area contributed by atoms with Crippen molar-refractivity contribution in [2.45, 2.75) is 24.7 Å². The molecule has 2 aliphatic carbocycles. The molecule has 0 amide bonds. The standard InChI is InChI=1S/C56H36N2O2/c1-55(2)41-21-6-4-17-37(41)52-38(19-14-25-46(52)55)47-32-48(39-20-13-18-36-35-16-5-10-26-49(35)60-53(36)39)58-54(57-47)33-29-30-43-40(31-33)34-15-3-7-22-42(34)56(43)44-23-8-11-27-50(44)59-51-28-12-9-24-45(51)56/h3-32H,1-2H3. The normalized spacial score (nSPS) is 14.6. The van der Waals surface area contributed by atoms with Gasteiger partial charge >= 0.3 is 0 Å². The van der Waals surface area contributed by atoms with Crippen molar-refractivity contribution in [3.63, 3.8) is 0 Å². The SMILES string of the molecule is CC1(C)c2ccccc2-c2c(-c3cc(-c4cccc5c4oc4ccccc45)nc(-c4ccc5c(c4)-c4ccccc4C54c5ccccc5Oc5ccccc54)n3)cccc21. The maximum atomic E-state index is 6.63. The van der Waals surface area contributed by atoms with Gasteiger partial charge in [0.25, 0.3) is 0 Å². The summed E-state index contributed by atoms with van der Waals surface area (Å²) in [6.07, 6.45) is 0. The van der Waals surface area contributed by atoms with Gasteiger partial charge in [-0.25, -0.2) is 9.97 Å². The van der Waals surface area contributed by atoms with Crippen molar-refractivity contribution in [1.82, 2.24) is 9.97 Å². The van der Waals surface area contributed by atoms with Crippen molar-refractivity contribution in [3.8, 4) is 67.7 Å². The van der Waals surface area contributed by atoms with Crippen LogP contribution in [0.15, 0.2) is 186 Å². The van der Waals surface area contributed by atoms with Gasteiger partial charge in [0.15, 0.2) is 5.82 Å². The zero-order chi connectivity index (χ0) is 39.7. The monoisotopic (exact) mass is 768 g/mol. The molecule has 0 unspecified atom stereocenters. The topological polar surface area (TPSA) is 48.2 Å². The van der Waals surface area contributed by atoms with E-state index < -0.39 is 5.41 Å². The Morgan fingerprint density at radius 3 is 1.78 bits per heavy atom. The Morgan fingerprint density at radius 2 is 0.983 bits per heavy atom. The van der Waals surface area contributed by atoms with E-state index in [9.17, 15) is 0 Å². The zero-order valence-corrected chi connectivity index (χ0v) is 33.0. The number of fused-ring (bicyclic) bond motifs is 15. The van der Waals surface area contributed by atoms with Crippen LogP contribution in [0.3, 0.4) is 0 Å². The van der Waals surface area contributed by atoms with E-state index in [2.05, 4.69) is 184 Å². The lowest BCUT2D eigenvalue weighted by atomic mass is 9.66. The second kappa shape index (κ2) is 12.0. The molecule has 1 aliphatic heterocycles. The third-order valence-corrected chi connectivity index (χ3v) is 13.4. The lowest BCUT2D eigenvalue weighted by Gasteiger charge is -2.39. The van der Waals surface area contributed by atoms with Gasteiger partial charge < -0.3 is 9.15 Å². The van der Waals surface area contributed by atoms with Crippen LogP contribution in [0, 0.1) is 0 Å². The Bertz CT molecular complexity index is 3420. The smallest absolute Gasteiger partial charge is 0.160 e. The first-order valence-electron chi connectivity index (χ1n) is 20.7. The molecule has 8 aromatic carbocycles. The summed E-state index contributed by atoms with van der Waals surface area (Å²) in [4.78, 5) is 11.0. The molecule has 0 fully saturated rings. The van der Waals surface area contributed by atoms with E-state index in [4.69, 9.17) is 19.1 Å². The molecule has 1 spiro atoms. The van der Waals surface area contributed by atoms with E-state index in [1.165, 1.54) is 44.5 Å². The summed E-state index contributed by atoms with van der Waals surface area (Å²) in [5.74, 6) is 2.42. The number of para-hydroxylation sites is 4. The Kier molecular flexibility index (Phi) is 6.68. The fourth-order valence-electron chi connectivity index (χ4n) is 10.8. The molecule has 0 saturated carbocycles. The fourth-order valence-corrected chi connectivity index (χ4v) is 10.8. The molecule has 0 radical (unpaired) electrons. The Balaban J connectivity index is 1.08. The van der Waals surface area contributed by atoms with Crippen molar-refractivity contribution in [3.05, 3.63) is 215 Å². The van der Waals surface area contributed by atoms with Gasteiger partial charge in [-0.1, -0.05) is 159 Å². The first-order valence-corrected chi connectivity index (χ1v) is 20.7. The third kappa shape index (κ3) is 4.35. The molecule has 0 N–H and O–H groups in total. The summed E-state index contributed by atoms with van der Waals surface area (Å²) in [6, 6.07) is 64.9. The summed E-state index contributed by atoms with van der Waals surface area (Å²) in [5, 5.41) is 2.16. The number of rotatable bonds is 3. The minimum Gasteiger partial charge on any atom is -0.457 e. The first-order chi connectivity index (χ1) is 29.5. The molecule has 0 atom stereocenters. The molecule has 282 valence electrons.